The maximum Gasteiger partial charge on any atom is 0.393 e. The van der Waals surface area contributed by atoms with Crippen molar-refractivity contribution in [2.24, 2.45) is 10.8 Å². The van der Waals surface area contributed by atoms with Crippen LogP contribution in [-0.4, -0.2) is 141 Å². The third-order valence-corrected chi connectivity index (χ3v) is 13.3. The van der Waals surface area contributed by atoms with Crippen molar-refractivity contribution in [1.82, 2.24) is 25.1 Å². The summed E-state index contributed by atoms with van der Waals surface area (Å²) in [6, 6.07) is 12.6. The summed E-state index contributed by atoms with van der Waals surface area (Å²) in [7, 11) is 7.78. The van der Waals surface area contributed by atoms with Crippen molar-refractivity contribution in [2.75, 3.05) is 96.2 Å². The summed E-state index contributed by atoms with van der Waals surface area (Å²) in [6.45, 7) is 6.11. The highest BCUT2D eigenvalue weighted by molar-refractivity contribution is 7.18. The third kappa shape index (κ3) is 11.2. The molecule has 14 nitrogen and oxygen atoms in total. The number of alkyl halides is 3. The second kappa shape index (κ2) is 18.8. The fourth-order valence-corrected chi connectivity index (χ4v) is 10.2. The molecule has 0 radical (unpaired) electrons. The van der Waals surface area contributed by atoms with Crippen molar-refractivity contribution >= 4 is 50.7 Å². The van der Waals surface area contributed by atoms with Gasteiger partial charge in [0.2, 0.25) is 0 Å². The van der Waals surface area contributed by atoms with Gasteiger partial charge in [-0.15, -0.1) is 11.3 Å². The summed E-state index contributed by atoms with van der Waals surface area (Å²) in [5.41, 5.74) is 2.71. The van der Waals surface area contributed by atoms with E-state index in [1.165, 1.54) is 25.6 Å². The normalized spacial score (nSPS) is 23.0. The van der Waals surface area contributed by atoms with Gasteiger partial charge in [0.15, 0.2) is 0 Å². The number of aromatic nitrogens is 2. The summed E-state index contributed by atoms with van der Waals surface area (Å²) in [6.07, 6.45) is 2.70. The van der Waals surface area contributed by atoms with Crippen LogP contribution in [0.25, 0.3) is 10.2 Å². The van der Waals surface area contributed by atoms with Crippen molar-refractivity contribution in [1.29, 1.82) is 0 Å². The number of nitrogens with zero attached hydrogens (tertiary/aromatic N) is 5. The molecule has 4 heterocycles. The van der Waals surface area contributed by atoms with Crippen LogP contribution in [0, 0.1) is 10.8 Å². The number of hydrogen-bond donors (Lipinski definition) is 5. The van der Waals surface area contributed by atoms with Crippen LogP contribution in [0.15, 0.2) is 48.8 Å². The molecule has 62 heavy (non-hydrogen) atoms. The van der Waals surface area contributed by atoms with Gasteiger partial charge in [-0.1, -0.05) is 0 Å². The minimum Gasteiger partial charge on any atom is -0.491 e. The first-order chi connectivity index (χ1) is 29.5. The van der Waals surface area contributed by atoms with Crippen LogP contribution in [0.3, 0.4) is 0 Å². The Kier molecular flexibility index (Phi) is 13.7. The number of carbonyl (C=O) groups is 2. The van der Waals surface area contributed by atoms with Crippen molar-refractivity contribution < 1.29 is 42.4 Å². The lowest BCUT2D eigenvalue weighted by Crippen LogP contribution is -2.46. The predicted molar refractivity (Wildman–Crippen MR) is 235 cm³/mol. The molecule has 0 unspecified atom stereocenters. The highest BCUT2D eigenvalue weighted by atomic mass is 32.1. The summed E-state index contributed by atoms with van der Waals surface area (Å²) in [5.74, 6) is -0.498. The maximum atomic E-state index is 12.9. The molecule has 0 atom stereocenters. The van der Waals surface area contributed by atoms with E-state index >= 15 is 0 Å². The number of aromatic carboxylic acids is 2. The Morgan fingerprint density at radius 2 is 1.42 bits per heavy atom. The number of fused-ring (bicyclic) bond motifs is 1. The van der Waals surface area contributed by atoms with E-state index in [-0.39, 0.29) is 27.5 Å². The number of carboxylic acids is 2. The van der Waals surface area contributed by atoms with E-state index in [9.17, 15) is 33.0 Å². The van der Waals surface area contributed by atoms with E-state index in [4.69, 9.17) is 9.47 Å². The number of ether oxygens (including phenoxy) is 2. The van der Waals surface area contributed by atoms with Gasteiger partial charge in [-0.3, -0.25) is 0 Å². The van der Waals surface area contributed by atoms with Crippen molar-refractivity contribution in [2.45, 2.75) is 63.2 Å². The van der Waals surface area contributed by atoms with Gasteiger partial charge in [0, 0.05) is 73.2 Å². The Morgan fingerprint density at radius 3 is 1.92 bits per heavy atom. The number of carboxylic acid groups (broad SMARTS) is 2. The van der Waals surface area contributed by atoms with E-state index < -0.39 is 24.5 Å². The van der Waals surface area contributed by atoms with Gasteiger partial charge in [-0.25, -0.2) is 19.6 Å². The molecule has 2 saturated heterocycles. The molecule has 2 aromatic heterocycles. The molecule has 2 spiro atoms. The number of anilines is 3. The molecular weight excluding hydrogens is 826 g/mol. The van der Waals surface area contributed by atoms with Crippen LogP contribution in [0.4, 0.5) is 30.4 Å². The molecule has 8 rings (SSSR count). The van der Waals surface area contributed by atoms with Crippen molar-refractivity contribution in [3.63, 3.8) is 0 Å². The quantitative estimate of drug-likeness (QED) is 0.0800. The molecule has 2 aliphatic heterocycles. The van der Waals surface area contributed by atoms with Gasteiger partial charge in [0.25, 0.3) is 0 Å². The van der Waals surface area contributed by atoms with Crippen LogP contribution in [0.1, 0.15) is 64.1 Å². The number of thiophene rings is 1. The second-order valence-corrected chi connectivity index (χ2v) is 19.0. The summed E-state index contributed by atoms with van der Waals surface area (Å²) in [5, 5.41) is 30.0. The number of benzene rings is 2. The first-order valence-electron chi connectivity index (χ1n) is 21.1. The molecule has 2 aromatic carbocycles. The monoisotopic (exact) mass is 882 g/mol. The molecule has 336 valence electrons. The van der Waals surface area contributed by atoms with Crippen LogP contribution in [-0.2, 0) is 6.42 Å². The minimum atomic E-state index is -4.26. The Hall–Kier alpha value is -4.91. The van der Waals surface area contributed by atoms with Crippen molar-refractivity contribution in [3.8, 4) is 11.5 Å². The fourth-order valence-electron chi connectivity index (χ4n) is 9.16. The second-order valence-electron chi connectivity index (χ2n) is 17.9. The van der Waals surface area contributed by atoms with E-state index in [1.807, 2.05) is 50.1 Å². The van der Waals surface area contributed by atoms with Gasteiger partial charge in [-0.05, 0) is 114 Å². The SMILES string of the molecule is CN(C)CCOc1cc(NC2CC3(CCN(c4ncnc5sc(CC(F)(F)F)cc45)C3)C2)ccc1C(=O)O.CN(C)CCOc1cc(NC2CC3(CCNC3)C2)ccc1C(=O)O. The number of hydrogen-bond acceptors (Lipinski definition) is 13. The van der Waals surface area contributed by atoms with E-state index in [0.717, 1.165) is 74.7 Å². The zero-order chi connectivity index (χ0) is 44.2. The zero-order valence-electron chi connectivity index (χ0n) is 35.7. The fraction of sp³-hybridized carbons (Fsp3) is 0.545. The van der Waals surface area contributed by atoms with Gasteiger partial charge in [0.05, 0.1) is 11.8 Å². The molecule has 4 aromatic rings. The number of nitrogens with one attached hydrogen (secondary N) is 3. The largest absolute Gasteiger partial charge is 0.491 e. The van der Waals surface area contributed by atoms with E-state index in [0.29, 0.717) is 58.7 Å². The van der Waals surface area contributed by atoms with Crippen molar-refractivity contribution in [3.05, 3.63) is 64.8 Å². The lowest BCUT2D eigenvalue weighted by atomic mass is 9.65. The van der Waals surface area contributed by atoms with Crippen LogP contribution in [0.5, 0.6) is 11.5 Å². The minimum absolute atomic E-state index is 0.117. The Labute approximate surface area is 363 Å². The summed E-state index contributed by atoms with van der Waals surface area (Å²) < 4.78 is 50.2. The average Bonchev–Trinajstić information content (AvgIpc) is 3.93. The highest BCUT2D eigenvalue weighted by Crippen LogP contribution is 2.51. The Bertz CT molecular complexity index is 2200. The van der Waals surface area contributed by atoms with E-state index in [1.54, 1.807) is 30.3 Å². The summed E-state index contributed by atoms with van der Waals surface area (Å²) >= 11 is 1.07. The van der Waals surface area contributed by atoms with Crippen LogP contribution >= 0.6 is 11.3 Å². The zero-order valence-corrected chi connectivity index (χ0v) is 36.5. The molecule has 5 N–H and O–H groups in total. The lowest BCUT2D eigenvalue weighted by molar-refractivity contribution is -0.126. The number of halogens is 3. The smallest absolute Gasteiger partial charge is 0.393 e. The van der Waals surface area contributed by atoms with E-state index in [2.05, 4.69) is 30.8 Å². The van der Waals surface area contributed by atoms with Gasteiger partial charge < -0.3 is 50.3 Å². The first kappa shape index (κ1) is 45.1. The van der Waals surface area contributed by atoms with Crippen LogP contribution < -0.4 is 30.3 Å². The van der Waals surface area contributed by atoms with Gasteiger partial charge in [0.1, 0.15) is 52.8 Å². The molecule has 0 bridgehead atoms. The molecular formula is C44H57F3N8O6S. The standard InChI is InChI=1S/C26H30F3N5O3S.C18H27N3O3/c1-33(2)7-8-37-21-9-16(3-4-19(21)24(35)36)32-17-11-25(12-17)5-6-34(14-25)22-20-10-18(13-26(27,28)29)38-23(20)31-15-30-22;1-21(2)7-8-24-16-9-13(3-4-15(16)17(22)23)20-14-10-18(11-14)5-6-19-12-18/h3-4,9-10,15,17,32H,5-8,11-14H2,1-2H3,(H,35,36);3-4,9,14,19-20H,5-8,10-12H2,1-2H3,(H,22,23). The highest BCUT2D eigenvalue weighted by Gasteiger charge is 2.49. The molecule has 2 aliphatic carbocycles. The molecule has 4 aliphatic rings. The van der Waals surface area contributed by atoms with Gasteiger partial charge in [-0.2, -0.15) is 13.2 Å². The third-order valence-electron chi connectivity index (χ3n) is 12.3. The number of likely N-dealkylation sites (N-methyl/N-ethyl adjacent to an activating group) is 2. The molecule has 4 fully saturated rings. The number of rotatable bonds is 16. The summed E-state index contributed by atoms with van der Waals surface area (Å²) in [4.78, 5) is 38.6. The molecule has 18 heteroatoms. The first-order valence-corrected chi connectivity index (χ1v) is 21.9. The molecule has 2 saturated carbocycles. The molecule has 0 amide bonds. The predicted octanol–water partition coefficient (Wildman–Crippen LogP) is 6.78. The van der Waals surface area contributed by atoms with Crippen LogP contribution in [0.2, 0.25) is 0 Å². The Balaban J connectivity index is 0.000000207. The topological polar surface area (TPSA) is 165 Å². The maximum absolute atomic E-state index is 12.9. The average molecular weight is 883 g/mol. The van der Waals surface area contributed by atoms with Gasteiger partial charge >= 0.3 is 18.1 Å². The Morgan fingerprint density at radius 1 is 0.855 bits per heavy atom. The lowest BCUT2D eigenvalue weighted by Gasteiger charge is -2.46.